The summed E-state index contributed by atoms with van der Waals surface area (Å²) < 4.78 is 0. The van der Waals surface area contributed by atoms with E-state index >= 15 is 0 Å². The molecule has 0 aromatic heterocycles. The molecule has 0 rings (SSSR count). The highest BCUT2D eigenvalue weighted by Gasteiger charge is 2.32. The molecular formula is C19H32N4O9S. The second-order valence-electron chi connectivity index (χ2n) is 7.74. The maximum absolute atomic E-state index is 12.7. The third kappa shape index (κ3) is 12.7. The first-order valence-corrected chi connectivity index (χ1v) is 11.5. The number of carbonyl (C=O) groups excluding carboxylic acids is 3. The van der Waals surface area contributed by atoms with Gasteiger partial charge >= 0.3 is 17.9 Å². The van der Waals surface area contributed by atoms with E-state index in [0.29, 0.717) is 5.75 Å². The van der Waals surface area contributed by atoms with Crippen molar-refractivity contribution >= 4 is 47.4 Å². The van der Waals surface area contributed by atoms with Gasteiger partial charge in [-0.25, -0.2) is 4.79 Å². The van der Waals surface area contributed by atoms with Crippen LogP contribution in [0.4, 0.5) is 0 Å². The first-order chi connectivity index (χ1) is 15.3. The van der Waals surface area contributed by atoms with Crippen LogP contribution < -0.4 is 21.7 Å². The number of carbonyl (C=O) groups is 6. The van der Waals surface area contributed by atoms with Crippen molar-refractivity contribution in [2.75, 3.05) is 12.0 Å². The van der Waals surface area contributed by atoms with Gasteiger partial charge in [-0.1, -0.05) is 13.8 Å². The van der Waals surface area contributed by atoms with Gasteiger partial charge in [-0.3, -0.25) is 24.0 Å². The second kappa shape index (κ2) is 15.1. The number of carboxylic acids is 3. The molecule has 0 saturated carbocycles. The van der Waals surface area contributed by atoms with Crippen LogP contribution in [-0.4, -0.2) is 87.1 Å². The lowest BCUT2D eigenvalue weighted by atomic mass is 10.0. The van der Waals surface area contributed by atoms with Crippen LogP contribution in [0, 0.1) is 5.92 Å². The van der Waals surface area contributed by atoms with Crippen LogP contribution in [0.15, 0.2) is 0 Å². The number of amides is 3. The summed E-state index contributed by atoms with van der Waals surface area (Å²) in [6.45, 7) is 3.52. The van der Waals surface area contributed by atoms with Gasteiger partial charge in [-0.15, -0.1) is 0 Å². The molecule has 0 fully saturated rings. The van der Waals surface area contributed by atoms with Crippen LogP contribution in [0.25, 0.3) is 0 Å². The van der Waals surface area contributed by atoms with Crippen molar-refractivity contribution in [2.24, 2.45) is 11.7 Å². The normalized spacial score (nSPS) is 14.5. The van der Waals surface area contributed by atoms with Crippen molar-refractivity contribution in [3.8, 4) is 0 Å². The molecule has 0 aliphatic carbocycles. The summed E-state index contributed by atoms with van der Waals surface area (Å²) in [5, 5.41) is 33.9. The number of hydrogen-bond donors (Lipinski definition) is 7. The Labute approximate surface area is 195 Å². The molecule has 4 unspecified atom stereocenters. The van der Waals surface area contributed by atoms with Crippen molar-refractivity contribution in [3.05, 3.63) is 0 Å². The number of aliphatic carboxylic acids is 3. The van der Waals surface area contributed by atoms with Gasteiger partial charge < -0.3 is 37.0 Å². The van der Waals surface area contributed by atoms with Crippen LogP contribution >= 0.6 is 11.8 Å². The highest BCUT2D eigenvalue weighted by Crippen LogP contribution is 2.08. The molecule has 0 bridgehead atoms. The maximum Gasteiger partial charge on any atom is 0.326 e. The highest BCUT2D eigenvalue weighted by atomic mass is 32.2. The van der Waals surface area contributed by atoms with E-state index in [1.807, 2.05) is 0 Å². The molecule has 0 aliphatic heterocycles. The largest absolute Gasteiger partial charge is 0.481 e. The summed E-state index contributed by atoms with van der Waals surface area (Å²) in [6.07, 6.45) is 0.460. The van der Waals surface area contributed by atoms with Crippen LogP contribution in [0.2, 0.25) is 0 Å². The molecule has 0 spiro atoms. The van der Waals surface area contributed by atoms with Gasteiger partial charge in [0.15, 0.2) is 0 Å². The number of nitrogens with two attached hydrogens (primary N) is 1. The Hall–Kier alpha value is -2.87. The number of carboxylic acid groups (broad SMARTS) is 3. The summed E-state index contributed by atoms with van der Waals surface area (Å²) >= 11 is 1.40. The third-order valence-electron chi connectivity index (χ3n) is 4.31. The average Bonchev–Trinajstić information content (AvgIpc) is 2.68. The summed E-state index contributed by atoms with van der Waals surface area (Å²) in [5.41, 5.74) is 5.44. The second-order valence-corrected chi connectivity index (χ2v) is 8.72. The lowest BCUT2D eigenvalue weighted by Gasteiger charge is -2.25. The molecule has 0 aromatic carbocycles. The van der Waals surface area contributed by atoms with Crippen molar-refractivity contribution in [1.29, 1.82) is 0 Å². The highest BCUT2D eigenvalue weighted by molar-refractivity contribution is 7.98. The Morgan fingerprint density at radius 3 is 1.73 bits per heavy atom. The molecule has 13 nitrogen and oxygen atoms in total. The maximum atomic E-state index is 12.7. The Bertz CT molecular complexity index is 732. The Kier molecular flexibility index (Phi) is 13.7. The first-order valence-electron chi connectivity index (χ1n) is 10.1. The number of hydrogen-bond acceptors (Lipinski definition) is 8. The van der Waals surface area contributed by atoms with E-state index < -0.39 is 72.6 Å². The fraction of sp³-hybridized carbons (Fsp3) is 0.684. The minimum Gasteiger partial charge on any atom is -0.481 e. The molecule has 0 aliphatic rings. The Morgan fingerprint density at radius 2 is 1.27 bits per heavy atom. The zero-order chi connectivity index (χ0) is 25.7. The quantitative estimate of drug-likeness (QED) is 0.133. The van der Waals surface area contributed by atoms with Crippen LogP contribution in [0.1, 0.15) is 39.5 Å². The Balaban J connectivity index is 5.49. The third-order valence-corrected chi connectivity index (χ3v) is 4.95. The fourth-order valence-corrected chi connectivity index (χ4v) is 3.16. The molecule has 4 atom stereocenters. The van der Waals surface area contributed by atoms with Gasteiger partial charge in [-0.05, 0) is 30.8 Å². The lowest BCUT2D eigenvalue weighted by molar-refractivity contribution is -0.143. The zero-order valence-electron chi connectivity index (χ0n) is 18.7. The zero-order valence-corrected chi connectivity index (χ0v) is 19.5. The molecular weight excluding hydrogens is 460 g/mol. The fourth-order valence-electron chi connectivity index (χ4n) is 2.68. The topological polar surface area (TPSA) is 225 Å². The minimum atomic E-state index is -1.64. The molecule has 188 valence electrons. The van der Waals surface area contributed by atoms with Gasteiger partial charge in [0.1, 0.15) is 18.1 Å². The van der Waals surface area contributed by atoms with E-state index in [1.165, 1.54) is 11.8 Å². The molecule has 14 heteroatoms. The predicted octanol–water partition coefficient (Wildman–Crippen LogP) is -1.40. The van der Waals surface area contributed by atoms with E-state index in [1.54, 1.807) is 20.1 Å². The number of nitrogens with one attached hydrogen (secondary N) is 3. The van der Waals surface area contributed by atoms with Crippen LogP contribution in [0.5, 0.6) is 0 Å². The molecule has 0 saturated heterocycles. The minimum absolute atomic E-state index is 0.105. The molecule has 33 heavy (non-hydrogen) atoms. The van der Waals surface area contributed by atoms with Crippen molar-refractivity contribution in [1.82, 2.24) is 16.0 Å². The van der Waals surface area contributed by atoms with E-state index in [9.17, 15) is 33.9 Å². The molecule has 3 amide bonds. The standard InChI is InChI=1S/C19H32N4O9S/c1-9(2)6-12(17(29)21-11(19(31)32)4-5-33-3)23-18(30)13(8-15(26)27)22-16(28)10(20)7-14(24)25/h9-13H,4-8,20H2,1-3H3,(H,21,29)(H,22,28)(H,23,30)(H,24,25)(H,26,27)(H,31,32). The van der Waals surface area contributed by atoms with Crippen LogP contribution in [-0.2, 0) is 28.8 Å². The van der Waals surface area contributed by atoms with Gasteiger partial charge in [0, 0.05) is 0 Å². The van der Waals surface area contributed by atoms with E-state index in [-0.39, 0.29) is 18.8 Å². The number of rotatable bonds is 16. The SMILES string of the molecule is CSCCC(NC(=O)C(CC(C)C)NC(=O)C(CC(=O)O)NC(=O)C(N)CC(=O)O)C(=O)O. The van der Waals surface area contributed by atoms with E-state index in [2.05, 4.69) is 16.0 Å². The molecule has 8 N–H and O–H groups in total. The van der Waals surface area contributed by atoms with Crippen molar-refractivity contribution < 1.29 is 44.1 Å². The van der Waals surface area contributed by atoms with Gasteiger partial charge in [0.05, 0.1) is 18.9 Å². The van der Waals surface area contributed by atoms with Gasteiger partial charge in [-0.2, -0.15) is 11.8 Å². The number of thioether (sulfide) groups is 1. The van der Waals surface area contributed by atoms with Crippen LogP contribution in [0.3, 0.4) is 0 Å². The van der Waals surface area contributed by atoms with Crippen molar-refractivity contribution in [3.63, 3.8) is 0 Å². The molecule has 0 aromatic rings. The smallest absolute Gasteiger partial charge is 0.326 e. The first kappa shape index (κ1) is 30.1. The van der Waals surface area contributed by atoms with Gasteiger partial charge in [0.2, 0.25) is 17.7 Å². The lowest BCUT2D eigenvalue weighted by Crippen LogP contribution is -2.57. The summed E-state index contributed by atoms with van der Waals surface area (Å²) in [7, 11) is 0. The van der Waals surface area contributed by atoms with E-state index in [4.69, 9.17) is 15.9 Å². The Morgan fingerprint density at radius 1 is 0.788 bits per heavy atom. The van der Waals surface area contributed by atoms with Crippen molar-refractivity contribution in [2.45, 2.75) is 63.7 Å². The van der Waals surface area contributed by atoms with E-state index in [0.717, 1.165) is 0 Å². The molecule has 0 radical (unpaired) electrons. The van der Waals surface area contributed by atoms with Gasteiger partial charge in [0.25, 0.3) is 0 Å². The average molecular weight is 493 g/mol. The molecule has 0 heterocycles. The summed E-state index contributed by atoms with van der Waals surface area (Å²) in [5.74, 6) is -6.50. The summed E-state index contributed by atoms with van der Waals surface area (Å²) in [4.78, 5) is 70.8. The summed E-state index contributed by atoms with van der Waals surface area (Å²) in [6, 6.07) is -5.53. The monoisotopic (exact) mass is 492 g/mol. The predicted molar refractivity (Wildman–Crippen MR) is 118 cm³/mol.